The molecule has 2 aliphatic rings. The van der Waals surface area contributed by atoms with Crippen LogP contribution in [0.3, 0.4) is 0 Å². The number of urea groups is 1. The standard InChI is InChI=1S/C16H22N4O4/c1-10(2)24-13-6-5-12(18-19-13)17-15(23)20-8-11-4-3-7-16(11,9-20)14(21)22/h5-6,10-11H,3-4,7-9H2,1-2H3,(H,21,22)(H,17,18,23)/t11-,16+/m0/s1. The van der Waals surface area contributed by atoms with E-state index in [1.807, 2.05) is 13.8 Å². The first-order chi connectivity index (χ1) is 11.4. The molecule has 8 nitrogen and oxygen atoms in total. The Hall–Kier alpha value is -2.38. The summed E-state index contributed by atoms with van der Waals surface area (Å²) in [6, 6.07) is 2.92. The third-order valence-electron chi connectivity index (χ3n) is 4.82. The lowest BCUT2D eigenvalue weighted by Crippen LogP contribution is -2.38. The number of nitrogens with zero attached hydrogens (tertiary/aromatic N) is 3. The van der Waals surface area contributed by atoms with E-state index in [1.165, 1.54) is 0 Å². The molecular formula is C16H22N4O4. The monoisotopic (exact) mass is 334 g/mol. The molecule has 0 spiro atoms. The number of ether oxygens (including phenoxy) is 1. The van der Waals surface area contributed by atoms with Gasteiger partial charge in [-0.05, 0) is 38.7 Å². The van der Waals surface area contributed by atoms with E-state index in [4.69, 9.17) is 4.74 Å². The average Bonchev–Trinajstić information content (AvgIpc) is 3.06. The number of carbonyl (C=O) groups excluding carboxylic acids is 1. The molecule has 2 fully saturated rings. The van der Waals surface area contributed by atoms with Crippen molar-refractivity contribution in [3.63, 3.8) is 0 Å². The number of nitrogens with one attached hydrogen (secondary N) is 1. The van der Waals surface area contributed by atoms with Crippen LogP contribution in [0.1, 0.15) is 33.1 Å². The summed E-state index contributed by atoms with van der Waals surface area (Å²) in [5.41, 5.74) is -0.780. The average molecular weight is 334 g/mol. The van der Waals surface area contributed by atoms with Gasteiger partial charge in [-0.2, -0.15) is 0 Å². The third kappa shape index (κ3) is 3.00. The number of aliphatic carboxylic acids is 1. The van der Waals surface area contributed by atoms with Gasteiger partial charge in [0.25, 0.3) is 0 Å². The minimum Gasteiger partial charge on any atom is -0.481 e. The second-order valence-electron chi connectivity index (χ2n) is 6.78. The van der Waals surface area contributed by atoms with Crippen LogP contribution in [0.5, 0.6) is 5.88 Å². The van der Waals surface area contributed by atoms with Crippen LogP contribution < -0.4 is 10.1 Å². The van der Waals surface area contributed by atoms with E-state index in [9.17, 15) is 14.7 Å². The Morgan fingerprint density at radius 2 is 2.21 bits per heavy atom. The summed E-state index contributed by atoms with van der Waals surface area (Å²) in [4.78, 5) is 25.6. The van der Waals surface area contributed by atoms with Crippen LogP contribution in [-0.2, 0) is 4.79 Å². The molecule has 0 unspecified atom stereocenters. The number of carbonyl (C=O) groups is 2. The van der Waals surface area contributed by atoms with Crippen LogP contribution in [0.4, 0.5) is 10.6 Å². The van der Waals surface area contributed by atoms with Crippen molar-refractivity contribution in [3.05, 3.63) is 12.1 Å². The fraction of sp³-hybridized carbons (Fsp3) is 0.625. The molecule has 1 aromatic rings. The number of hydrogen-bond donors (Lipinski definition) is 2. The van der Waals surface area contributed by atoms with Gasteiger partial charge in [0, 0.05) is 19.2 Å². The highest BCUT2D eigenvalue weighted by atomic mass is 16.5. The quantitative estimate of drug-likeness (QED) is 0.872. The van der Waals surface area contributed by atoms with Gasteiger partial charge in [0.2, 0.25) is 5.88 Å². The Morgan fingerprint density at radius 1 is 1.42 bits per heavy atom. The van der Waals surface area contributed by atoms with Crippen molar-refractivity contribution in [3.8, 4) is 5.88 Å². The summed E-state index contributed by atoms with van der Waals surface area (Å²) in [5.74, 6) is -0.0509. The highest BCUT2D eigenvalue weighted by molar-refractivity contribution is 5.89. The van der Waals surface area contributed by atoms with Crippen molar-refractivity contribution in [2.75, 3.05) is 18.4 Å². The zero-order valence-electron chi connectivity index (χ0n) is 13.9. The predicted octanol–water partition coefficient (Wildman–Crippen LogP) is 1.98. The van der Waals surface area contributed by atoms with Gasteiger partial charge in [-0.1, -0.05) is 6.42 Å². The maximum Gasteiger partial charge on any atom is 0.323 e. The molecule has 3 rings (SSSR count). The SMILES string of the molecule is CC(C)Oc1ccc(NC(=O)N2C[C@@H]3CCC[C@@]3(C(=O)O)C2)nn1. The molecule has 1 aliphatic heterocycles. The van der Waals surface area contributed by atoms with Crippen LogP contribution in [-0.4, -0.2) is 51.4 Å². The topological polar surface area (TPSA) is 105 Å². The maximum absolute atomic E-state index is 12.4. The summed E-state index contributed by atoms with van der Waals surface area (Å²) in [7, 11) is 0. The number of fused-ring (bicyclic) bond motifs is 1. The molecule has 2 amide bonds. The van der Waals surface area contributed by atoms with Crippen molar-refractivity contribution in [1.82, 2.24) is 15.1 Å². The molecule has 1 saturated heterocycles. The molecule has 0 radical (unpaired) electrons. The van der Waals surface area contributed by atoms with Gasteiger partial charge < -0.3 is 14.7 Å². The summed E-state index contributed by atoms with van der Waals surface area (Å²) in [6.07, 6.45) is 2.40. The van der Waals surface area contributed by atoms with Crippen LogP contribution in [0.2, 0.25) is 0 Å². The lowest BCUT2D eigenvalue weighted by atomic mass is 9.81. The molecule has 1 aliphatic carbocycles. The van der Waals surface area contributed by atoms with E-state index in [-0.39, 0.29) is 24.6 Å². The first kappa shape index (κ1) is 16.5. The molecular weight excluding hydrogens is 312 g/mol. The van der Waals surface area contributed by atoms with E-state index in [1.54, 1.807) is 17.0 Å². The predicted molar refractivity (Wildman–Crippen MR) is 85.8 cm³/mol. The van der Waals surface area contributed by atoms with Crippen molar-refractivity contribution in [1.29, 1.82) is 0 Å². The van der Waals surface area contributed by atoms with E-state index in [0.717, 1.165) is 12.8 Å². The number of amides is 2. The molecule has 130 valence electrons. The highest BCUT2D eigenvalue weighted by Gasteiger charge is 2.55. The number of carboxylic acid groups (broad SMARTS) is 1. The summed E-state index contributed by atoms with van der Waals surface area (Å²) in [6.45, 7) is 4.50. The van der Waals surface area contributed by atoms with Gasteiger partial charge in [-0.25, -0.2) is 4.79 Å². The third-order valence-corrected chi connectivity index (χ3v) is 4.82. The number of anilines is 1. The first-order valence-electron chi connectivity index (χ1n) is 8.20. The van der Waals surface area contributed by atoms with Crippen LogP contribution in [0.25, 0.3) is 0 Å². The van der Waals surface area contributed by atoms with Crippen molar-refractivity contribution < 1.29 is 19.4 Å². The summed E-state index contributed by atoms with van der Waals surface area (Å²) < 4.78 is 5.40. The molecule has 0 bridgehead atoms. The number of rotatable bonds is 4. The zero-order chi connectivity index (χ0) is 17.3. The van der Waals surface area contributed by atoms with Crippen molar-refractivity contribution >= 4 is 17.8 Å². The van der Waals surface area contributed by atoms with Gasteiger partial charge in [0.05, 0.1) is 11.5 Å². The Labute approximate surface area is 140 Å². The number of likely N-dealkylation sites (tertiary alicyclic amines) is 1. The van der Waals surface area contributed by atoms with Crippen LogP contribution in [0, 0.1) is 11.3 Å². The second kappa shape index (κ2) is 6.26. The van der Waals surface area contributed by atoms with E-state index >= 15 is 0 Å². The fourth-order valence-corrected chi connectivity index (χ4v) is 3.67. The number of aromatic nitrogens is 2. The summed E-state index contributed by atoms with van der Waals surface area (Å²) >= 11 is 0. The van der Waals surface area contributed by atoms with Gasteiger partial charge >= 0.3 is 12.0 Å². The molecule has 1 saturated carbocycles. The minimum absolute atomic E-state index is 0.00374. The van der Waals surface area contributed by atoms with Crippen LogP contribution >= 0.6 is 0 Å². The Morgan fingerprint density at radius 3 is 2.79 bits per heavy atom. The Balaban J connectivity index is 1.63. The molecule has 1 aromatic heterocycles. The second-order valence-corrected chi connectivity index (χ2v) is 6.78. The molecule has 2 atom stereocenters. The largest absolute Gasteiger partial charge is 0.481 e. The number of carboxylic acids is 1. The van der Waals surface area contributed by atoms with Gasteiger partial charge in [-0.15, -0.1) is 10.2 Å². The fourth-order valence-electron chi connectivity index (χ4n) is 3.67. The maximum atomic E-state index is 12.4. The van der Waals surface area contributed by atoms with Crippen molar-refractivity contribution in [2.24, 2.45) is 11.3 Å². The molecule has 2 N–H and O–H groups in total. The van der Waals surface area contributed by atoms with Crippen LogP contribution in [0.15, 0.2) is 12.1 Å². The Kier molecular flexibility index (Phi) is 4.29. The lowest BCUT2D eigenvalue weighted by Gasteiger charge is -2.23. The van der Waals surface area contributed by atoms with Crippen molar-refractivity contribution in [2.45, 2.75) is 39.2 Å². The zero-order valence-corrected chi connectivity index (χ0v) is 13.9. The smallest absolute Gasteiger partial charge is 0.323 e. The normalized spacial score (nSPS) is 25.6. The highest BCUT2D eigenvalue weighted by Crippen LogP contribution is 2.48. The van der Waals surface area contributed by atoms with E-state index < -0.39 is 11.4 Å². The van der Waals surface area contributed by atoms with Gasteiger partial charge in [-0.3, -0.25) is 10.1 Å². The van der Waals surface area contributed by atoms with E-state index in [2.05, 4.69) is 15.5 Å². The lowest BCUT2D eigenvalue weighted by molar-refractivity contribution is -0.149. The first-order valence-corrected chi connectivity index (χ1v) is 8.20. The molecule has 24 heavy (non-hydrogen) atoms. The summed E-state index contributed by atoms with van der Waals surface area (Å²) in [5, 5.41) is 20.1. The van der Waals surface area contributed by atoms with E-state index in [0.29, 0.717) is 24.7 Å². The van der Waals surface area contributed by atoms with Gasteiger partial charge in [0.1, 0.15) is 0 Å². The number of hydrogen-bond acceptors (Lipinski definition) is 5. The minimum atomic E-state index is -0.796. The molecule has 8 heteroatoms. The molecule has 0 aromatic carbocycles. The van der Waals surface area contributed by atoms with Gasteiger partial charge in [0.15, 0.2) is 5.82 Å². The molecule has 2 heterocycles. The Bertz CT molecular complexity index is 633.